The third-order valence-corrected chi connectivity index (χ3v) is 3.92. The maximum absolute atomic E-state index is 10.9. The molecule has 0 aliphatic carbocycles. The third kappa shape index (κ3) is 4.63. The van der Waals surface area contributed by atoms with Crippen LogP contribution < -0.4 is 11.1 Å². The Bertz CT molecular complexity index is 557. The lowest BCUT2D eigenvalue weighted by Crippen LogP contribution is -2.13. The van der Waals surface area contributed by atoms with Crippen molar-refractivity contribution in [3.8, 4) is 0 Å². The van der Waals surface area contributed by atoms with Crippen molar-refractivity contribution in [1.29, 1.82) is 0 Å². The summed E-state index contributed by atoms with van der Waals surface area (Å²) < 4.78 is 0. The lowest BCUT2D eigenvalue weighted by atomic mass is 10.1. The smallest absolute Gasteiger partial charge is 0.227 e. The highest BCUT2D eigenvalue weighted by Crippen LogP contribution is 2.26. The highest BCUT2D eigenvalue weighted by Gasteiger charge is 2.03. The molecule has 0 aliphatic heterocycles. The molecule has 0 saturated carbocycles. The molecule has 0 saturated heterocycles. The fourth-order valence-corrected chi connectivity index (χ4v) is 2.64. The molecule has 20 heavy (non-hydrogen) atoms. The van der Waals surface area contributed by atoms with Crippen LogP contribution in [0.4, 0.5) is 5.69 Å². The average molecular weight is 286 g/mol. The predicted molar refractivity (Wildman–Crippen MR) is 85.0 cm³/mol. The molecule has 0 radical (unpaired) electrons. The van der Waals surface area contributed by atoms with Crippen molar-refractivity contribution in [2.24, 2.45) is 5.73 Å². The molecule has 4 heteroatoms. The zero-order chi connectivity index (χ0) is 14.2. The number of benzene rings is 2. The molecule has 2 aromatic carbocycles. The summed E-state index contributed by atoms with van der Waals surface area (Å²) >= 11 is 1.46. The van der Waals surface area contributed by atoms with Gasteiger partial charge in [-0.2, -0.15) is 0 Å². The van der Waals surface area contributed by atoms with E-state index >= 15 is 0 Å². The number of rotatable bonds is 7. The fraction of sp³-hybridized carbons (Fsp3) is 0.188. The quantitative estimate of drug-likeness (QED) is 0.769. The first kappa shape index (κ1) is 14.5. The van der Waals surface area contributed by atoms with Crippen molar-refractivity contribution in [2.75, 3.05) is 17.6 Å². The zero-order valence-electron chi connectivity index (χ0n) is 11.2. The number of hydrogen-bond donors (Lipinski definition) is 2. The van der Waals surface area contributed by atoms with Gasteiger partial charge in [0.05, 0.1) is 5.75 Å². The minimum atomic E-state index is -0.297. The number of amides is 1. The molecule has 0 spiro atoms. The topological polar surface area (TPSA) is 55.1 Å². The highest BCUT2D eigenvalue weighted by atomic mass is 32.2. The second kappa shape index (κ2) is 7.60. The van der Waals surface area contributed by atoms with Gasteiger partial charge in [0.15, 0.2) is 0 Å². The second-order valence-electron chi connectivity index (χ2n) is 4.41. The molecule has 0 aliphatic rings. The van der Waals surface area contributed by atoms with Gasteiger partial charge in [0.1, 0.15) is 0 Å². The van der Waals surface area contributed by atoms with Crippen LogP contribution in [0, 0.1) is 0 Å². The van der Waals surface area contributed by atoms with Crippen molar-refractivity contribution in [3.63, 3.8) is 0 Å². The van der Waals surface area contributed by atoms with E-state index in [-0.39, 0.29) is 5.91 Å². The van der Waals surface area contributed by atoms with Gasteiger partial charge < -0.3 is 11.1 Å². The number of para-hydroxylation sites is 1. The third-order valence-electron chi connectivity index (χ3n) is 2.83. The van der Waals surface area contributed by atoms with E-state index in [1.807, 2.05) is 42.5 Å². The maximum atomic E-state index is 10.9. The normalized spacial score (nSPS) is 10.2. The minimum absolute atomic E-state index is 0.297. The van der Waals surface area contributed by atoms with E-state index in [9.17, 15) is 4.79 Å². The van der Waals surface area contributed by atoms with Gasteiger partial charge in [-0.05, 0) is 24.1 Å². The summed E-state index contributed by atoms with van der Waals surface area (Å²) in [6.07, 6.45) is 0.968. The van der Waals surface area contributed by atoms with Crippen molar-refractivity contribution < 1.29 is 4.79 Å². The summed E-state index contributed by atoms with van der Waals surface area (Å²) in [6.45, 7) is 0.859. The van der Waals surface area contributed by atoms with E-state index in [4.69, 9.17) is 5.73 Å². The van der Waals surface area contributed by atoms with Gasteiger partial charge >= 0.3 is 0 Å². The van der Waals surface area contributed by atoms with Gasteiger partial charge in [-0.3, -0.25) is 4.79 Å². The summed E-state index contributed by atoms with van der Waals surface area (Å²) in [5.74, 6) is 0.00581. The lowest BCUT2D eigenvalue weighted by molar-refractivity contribution is -0.115. The van der Waals surface area contributed by atoms with Crippen LogP contribution >= 0.6 is 11.8 Å². The van der Waals surface area contributed by atoms with Gasteiger partial charge in [-0.15, -0.1) is 11.8 Å². The van der Waals surface area contributed by atoms with Crippen LogP contribution in [0.3, 0.4) is 0 Å². The Morgan fingerprint density at radius 1 is 1.05 bits per heavy atom. The summed E-state index contributed by atoms with van der Waals surface area (Å²) in [7, 11) is 0. The Labute approximate surface area is 123 Å². The fourth-order valence-electron chi connectivity index (χ4n) is 1.87. The molecule has 0 heterocycles. The predicted octanol–water partition coefficient (Wildman–Crippen LogP) is 2.92. The number of carbonyl (C=O) groups is 1. The first-order valence-corrected chi connectivity index (χ1v) is 7.52. The number of anilines is 1. The molecule has 104 valence electrons. The molecular formula is C16H18N2OS. The Kier molecular flexibility index (Phi) is 5.50. The Hall–Kier alpha value is -1.94. The number of nitrogens with two attached hydrogens (primary N) is 1. The molecule has 0 unspecified atom stereocenters. The maximum Gasteiger partial charge on any atom is 0.227 e. The van der Waals surface area contributed by atoms with Crippen LogP contribution in [-0.4, -0.2) is 18.2 Å². The molecule has 2 aromatic rings. The molecule has 2 rings (SSSR count). The standard InChI is InChI=1S/C16H18N2OS/c17-16(19)12-20-15-9-5-4-8-14(15)18-11-10-13-6-2-1-3-7-13/h1-9,18H,10-12H2,(H2,17,19). The number of thioether (sulfide) groups is 1. The molecule has 0 atom stereocenters. The van der Waals surface area contributed by atoms with Gasteiger partial charge in [0.25, 0.3) is 0 Å². The summed E-state index contributed by atoms with van der Waals surface area (Å²) in [5, 5.41) is 3.41. The Morgan fingerprint density at radius 2 is 1.75 bits per heavy atom. The van der Waals surface area contributed by atoms with Crippen LogP contribution in [0.5, 0.6) is 0 Å². The monoisotopic (exact) mass is 286 g/mol. The number of primary amides is 1. The van der Waals surface area contributed by atoms with Gasteiger partial charge in [0, 0.05) is 17.1 Å². The zero-order valence-corrected chi connectivity index (χ0v) is 12.0. The van der Waals surface area contributed by atoms with Crippen LogP contribution in [0.15, 0.2) is 59.5 Å². The number of carbonyl (C=O) groups excluding carboxylic acids is 1. The van der Waals surface area contributed by atoms with E-state index in [0.717, 1.165) is 23.5 Å². The SMILES string of the molecule is NC(=O)CSc1ccccc1NCCc1ccccc1. The summed E-state index contributed by atoms with van der Waals surface area (Å²) in [4.78, 5) is 11.9. The van der Waals surface area contributed by atoms with Crippen LogP contribution in [0.2, 0.25) is 0 Å². The molecule has 0 aromatic heterocycles. The largest absolute Gasteiger partial charge is 0.384 e. The van der Waals surface area contributed by atoms with Crippen molar-refractivity contribution in [1.82, 2.24) is 0 Å². The van der Waals surface area contributed by atoms with Crippen LogP contribution in [0.25, 0.3) is 0 Å². The van der Waals surface area contributed by atoms with E-state index in [1.54, 1.807) is 0 Å². The Balaban J connectivity index is 1.90. The molecule has 3 N–H and O–H groups in total. The van der Waals surface area contributed by atoms with E-state index < -0.39 is 0 Å². The lowest BCUT2D eigenvalue weighted by Gasteiger charge is -2.11. The van der Waals surface area contributed by atoms with Crippen LogP contribution in [0.1, 0.15) is 5.56 Å². The minimum Gasteiger partial charge on any atom is -0.384 e. The molecular weight excluding hydrogens is 268 g/mol. The van der Waals surface area contributed by atoms with Crippen molar-refractivity contribution in [2.45, 2.75) is 11.3 Å². The van der Waals surface area contributed by atoms with Gasteiger partial charge in [0.2, 0.25) is 5.91 Å². The Morgan fingerprint density at radius 3 is 2.50 bits per heavy atom. The van der Waals surface area contributed by atoms with Gasteiger partial charge in [-0.1, -0.05) is 42.5 Å². The summed E-state index contributed by atoms with van der Waals surface area (Å²) in [6, 6.07) is 18.3. The highest BCUT2D eigenvalue weighted by molar-refractivity contribution is 8.00. The number of nitrogens with one attached hydrogen (secondary N) is 1. The first-order chi connectivity index (χ1) is 9.75. The number of hydrogen-bond acceptors (Lipinski definition) is 3. The van der Waals surface area contributed by atoms with Crippen LogP contribution in [-0.2, 0) is 11.2 Å². The molecule has 3 nitrogen and oxygen atoms in total. The summed E-state index contributed by atoms with van der Waals surface area (Å²) in [5.41, 5.74) is 7.54. The van der Waals surface area contributed by atoms with Gasteiger partial charge in [-0.25, -0.2) is 0 Å². The first-order valence-electron chi connectivity index (χ1n) is 6.53. The molecule has 1 amide bonds. The van der Waals surface area contributed by atoms with E-state index in [1.165, 1.54) is 17.3 Å². The molecule has 0 fully saturated rings. The van der Waals surface area contributed by atoms with E-state index in [2.05, 4.69) is 17.4 Å². The van der Waals surface area contributed by atoms with Crippen molar-refractivity contribution >= 4 is 23.4 Å². The average Bonchev–Trinajstić information content (AvgIpc) is 2.47. The molecule has 0 bridgehead atoms. The van der Waals surface area contributed by atoms with Crippen molar-refractivity contribution in [3.05, 3.63) is 60.2 Å². The second-order valence-corrected chi connectivity index (χ2v) is 5.43. The van der Waals surface area contributed by atoms with E-state index in [0.29, 0.717) is 5.75 Å².